The Bertz CT molecular complexity index is 315. The predicted molar refractivity (Wildman–Crippen MR) is 48.6 cm³/mol. The van der Waals surface area contributed by atoms with Crippen LogP contribution in [0, 0.1) is 12.3 Å². The highest BCUT2D eigenvalue weighted by atomic mass is 35.5. The lowest BCUT2D eigenvalue weighted by Gasteiger charge is -1.99. The molecule has 0 saturated heterocycles. The molecule has 1 aromatic rings. The molecule has 0 aliphatic heterocycles. The van der Waals surface area contributed by atoms with Gasteiger partial charge >= 0.3 is 0 Å². The van der Waals surface area contributed by atoms with Gasteiger partial charge in [0.1, 0.15) is 0 Å². The SMILES string of the molecule is Cc1nn(C)c(CC(=N)N)c1Cl. The second kappa shape index (κ2) is 3.15. The molecule has 0 spiro atoms. The van der Waals surface area contributed by atoms with Gasteiger partial charge in [0.15, 0.2) is 0 Å². The van der Waals surface area contributed by atoms with Gasteiger partial charge in [-0.1, -0.05) is 11.6 Å². The average molecular weight is 187 g/mol. The number of nitrogens with one attached hydrogen (secondary N) is 1. The van der Waals surface area contributed by atoms with Crippen LogP contribution in [0.2, 0.25) is 5.02 Å². The standard InChI is InChI=1S/C7H11ClN4/c1-4-7(8)5(3-6(9)10)12(2)11-4/h3H2,1-2H3,(H3,9,10). The summed E-state index contributed by atoms with van der Waals surface area (Å²) in [5.41, 5.74) is 6.82. The molecule has 5 heteroatoms. The molecule has 12 heavy (non-hydrogen) atoms. The number of aromatic nitrogens is 2. The number of nitrogens with zero attached hydrogens (tertiary/aromatic N) is 2. The fourth-order valence-electron chi connectivity index (χ4n) is 1.05. The third kappa shape index (κ3) is 1.58. The highest BCUT2D eigenvalue weighted by Gasteiger charge is 2.10. The van der Waals surface area contributed by atoms with Gasteiger partial charge in [0.05, 0.1) is 22.2 Å². The first-order valence-electron chi connectivity index (χ1n) is 3.53. The summed E-state index contributed by atoms with van der Waals surface area (Å²) in [6.45, 7) is 1.83. The lowest BCUT2D eigenvalue weighted by molar-refractivity contribution is 0.722. The van der Waals surface area contributed by atoms with Crippen molar-refractivity contribution in [3.63, 3.8) is 0 Å². The van der Waals surface area contributed by atoms with Gasteiger partial charge in [0, 0.05) is 13.5 Å². The molecule has 1 aromatic heterocycles. The van der Waals surface area contributed by atoms with Gasteiger partial charge in [-0.05, 0) is 6.92 Å². The van der Waals surface area contributed by atoms with E-state index >= 15 is 0 Å². The van der Waals surface area contributed by atoms with E-state index in [0.717, 1.165) is 11.4 Å². The molecule has 0 fully saturated rings. The minimum Gasteiger partial charge on any atom is -0.387 e. The number of amidine groups is 1. The first kappa shape index (κ1) is 9.06. The third-order valence-electron chi connectivity index (χ3n) is 1.62. The van der Waals surface area contributed by atoms with Crippen LogP contribution in [-0.2, 0) is 13.5 Å². The van der Waals surface area contributed by atoms with Gasteiger partial charge in [-0.15, -0.1) is 0 Å². The molecular formula is C7H11ClN4. The molecule has 0 saturated carbocycles. The summed E-state index contributed by atoms with van der Waals surface area (Å²) < 4.78 is 1.65. The number of nitrogens with two attached hydrogens (primary N) is 1. The van der Waals surface area contributed by atoms with Crippen molar-refractivity contribution in [1.29, 1.82) is 5.41 Å². The van der Waals surface area contributed by atoms with Crippen molar-refractivity contribution in [2.75, 3.05) is 0 Å². The van der Waals surface area contributed by atoms with Crippen LogP contribution in [0.4, 0.5) is 0 Å². The summed E-state index contributed by atoms with van der Waals surface area (Å²) in [4.78, 5) is 0. The van der Waals surface area contributed by atoms with E-state index in [-0.39, 0.29) is 5.84 Å². The van der Waals surface area contributed by atoms with Gasteiger partial charge in [-0.2, -0.15) is 5.10 Å². The second-order valence-electron chi connectivity index (χ2n) is 2.67. The van der Waals surface area contributed by atoms with E-state index in [0.29, 0.717) is 11.4 Å². The lowest BCUT2D eigenvalue weighted by Crippen LogP contribution is -2.15. The number of hydrogen-bond donors (Lipinski definition) is 2. The summed E-state index contributed by atoms with van der Waals surface area (Å²) in [6, 6.07) is 0. The minimum atomic E-state index is 0.0971. The molecule has 66 valence electrons. The zero-order valence-corrected chi connectivity index (χ0v) is 7.81. The van der Waals surface area contributed by atoms with E-state index in [1.807, 2.05) is 6.92 Å². The van der Waals surface area contributed by atoms with Crippen LogP contribution in [0.15, 0.2) is 0 Å². The van der Waals surface area contributed by atoms with Crippen LogP contribution in [0.3, 0.4) is 0 Å². The van der Waals surface area contributed by atoms with Crippen LogP contribution in [0.5, 0.6) is 0 Å². The molecule has 0 atom stereocenters. The number of rotatable bonds is 2. The Hall–Kier alpha value is -1.03. The number of aryl methyl sites for hydroxylation is 2. The molecule has 0 unspecified atom stereocenters. The molecule has 3 N–H and O–H groups in total. The maximum atomic E-state index is 7.11. The van der Waals surface area contributed by atoms with E-state index in [1.165, 1.54) is 0 Å². The first-order valence-corrected chi connectivity index (χ1v) is 3.91. The predicted octanol–water partition coefficient (Wildman–Crippen LogP) is 0.860. The van der Waals surface area contributed by atoms with Crippen LogP contribution < -0.4 is 5.73 Å². The van der Waals surface area contributed by atoms with E-state index in [9.17, 15) is 0 Å². The van der Waals surface area contributed by atoms with Crippen molar-refractivity contribution in [3.8, 4) is 0 Å². The van der Waals surface area contributed by atoms with E-state index in [4.69, 9.17) is 22.7 Å². The zero-order valence-electron chi connectivity index (χ0n) is 7.06. The Morgan fingerprint density at radius 2 is 2.33 bits per heavy atom. The Morgan fingerprint density at radius 1 is 1.75 bits per heavy atom. The van der Waals surface area contributed by atoms with E-state index in [2.05, 4.69) is 5.10 Å². The van der Waals surface area contributed by atoms with Gasteiger partial charge < -0.3 is 5.73 Å². The topological polar surface area (TPSA) is 67.7 Å². The summed E-state index contributed by atoms with van der Waals surface area (Å²) in [7, 11) is 1.79. The summed E-state index contributed by atoms with van der Waals surface area (Å²) in [5, 5.41) is 11.8. The second-order valence-corrected chi connectivity index (χ2v) is 3.05. The zero-order chi connectivity index (χ0) is 9.30. The quantitative estimate of drug-likeness (QED) is 0.532. The van der Waals surface area contributed by atoms with Crippen LogP contribution in [0.1, 0.15) is 11.4 Å². The Labute approximate surface area is 75.8 Å². The van der Waals surface area contributed by atoms with Crippen molar-refractivity contribution in [2.45, 2.75) is 13.3 Å². The molecule has 0 aromatic carbocycles. The van der Waals surface area contributed by atoms with Crippen molar-refractivity contribution in [3.05, 3.63) is 16.4 Å². The van der Waals surface area contributed by atoms with Crippen LogP contribution >= 0.6 is 11.6 Å². The monoisotopic (exact) mass is 186 g/mol. The molecule has 4 nitrogen and oxygen atoms in total. The summed E-state index contributed by atoms with van der Waals surface area (Å²) in [5.74, 6) is 0.0971. The Kier molecular flexibility index (Phi) is 2.38. The van der Waals surface area contributed by atoms with Gasteiger partial charge in [-0.3, -0.25) is 10.1 Å². The maximum absolute atomic E-state index is 7.11. The van der Waals surface area contributed by atoms with Crippen molar-refractivity contribution in [2.24, 2.45) is 12.8 Å². The van der Waals surface area contributed by atoms with E-state index < -0.39 is 0 Å². The smallest absolute Gasteiger partial charge is 0.0966 e. The fourth-order valence-corrected chi connectivity index (χ4v) is 1.28. The molecule has 0 radical (unpaired) electrons. The highest BCUT2D eigenvalue weighted by Crippen LogP contribution is 2.19. The minimum absolute atomic E-state index is 0.0971. The average Bonchev–Trinajstić information content (AvgIpc) is 2.16. The first-order chi connectivity index (χ1) is 5.52. The van der Waals surface area contributed by atoms with Crippen molar-refractivity contribution in [1.82, 2.24) is 9.78 Å². The van der Waals surface area contributed by atoms with E-state index in [1.54, 1.807) is 11.7 Å². The molecule has 0 aliphatic rings. The fraction of sp³-hybridized carbons (Fsp3) is 0.429. The van der Waals surface area contributed by atoms with Crippen molar-refractivity contribution >= 4 is 17.4 Å². The highest BCUT2D eigenvalue weighted by molar-refractivity contribution is 6.32. The summed E-state index contributed by atoms with van der Waals surface area (Å²) in [6.07, 6.45) is 0.357. The molecule has 1 rings (SSSR count). The third-order valence-corrected chi connectivity index (χ3v) is 2.11. The molecule has 1 heterocycles. The number of hydrogen-bond acceptors (Lipinski definition) is 2. The molecule has 0 bridgehead atoms. The molecule has 0 amide bonds. The molecule has 0 aliphatic carbocycles. The summed E-state index contributed by atoms with van der Waals surface area (Å²) >= 11 is 5.92. The van der Waals surface area contributed by atoms with Crippen LogP contribution in [-0.4, -0.2) is 15.6 Å². The van der Waals surface area contributed by atoms with Gasteiger partial charge in [0.25, 0.3) is 0 Å². The Morgan fingerprint density at radius 3 is 2.67 bits per heavy atom. The van der Waals surface area contributed by atoms with Gasteiger partial charge in [-0.25, -0.2) is 0 Å². The van der Waals surface area contributed by atoms with Crippen LogP contribution in [0.25, 0.3) is 0 Å². The van der Waals surface area contributed by atoms with Crippen molar-refractivity contribution < 1.29 is 0 Å². The largest absolute Gasteiger partial charge is 0.387 e. The number of halogens is 1. The maximum Gasteiger partial charge on any atom is 0.0966 e. The Balaban J connectivity index is 3.05. The normalized spacial score (nSPS) is 10.2. The van der Waals surface area contributed by atoms with Gasteiger partial charge in [0.2, 0.25) is 0 Å². The lowest BCUT2D eigenvalue weighted by atomic mass is 10.2. The molecular weight excluding hydrogens is 176 g/mol.